The summed E-state index contributed by atoms with van der Waals surface area (Å²) in [6.07, 6.45) is -0.418. The summed E-state index contributed by atoms with van der Waals surface area (Å²) < 4.78 is 11.5. The average molecular weight is 346 g/mol. The maximum absolute atomic E-state index is 12.3. The van der Waals surface area contributed by atoms with Gasteiger partial charge >= 0.3 is 0 Å². The Morgan fingerprint density at radius 3 is 2.50 bits per heavy atom. The number of halogens is 1. The first-order valence-electron chi connectivity index (χ1n) is 7.98. The van der Waals surface area contributed by atoms with Gasteiger partial charge in [-0.15, -0.1) is 0 Å². The first-order valence-corrected chi connectivity index (χ1v) is 8.36. The van der Waals surface area contributed by atoms with Crippen LogP contribution in [0.5, 0.6) is 5.75 Å². The van der Waals surface area contributed by atoms with E-state index in [0.29, 0.717) is 30.5 Å². The number of ether oxygens (including phenoxy) is 2. The molecule has 5 heteroatoms. The van der Waals surface area contributed by atoms with Crippen LogP contribution >= 0.6 is 11.6 Å². The SMILES string of the molecule is C[C@H](Oc1ccccc1)C(=O)N1CC(OCc2ccc(Cl)cc2)C1. The molecule has 0 bridgehead atoms. The summed E-state index contributed by atoms with van der Waals surface area (Å²) in [7, 11) is 0. The van der Waals surface area contributed by atoms with E-state index in [1.165, 1.54) is 0 Å². The summed E-state index contributed by atoms with van der Waals surface area (Å²) in [6, 6.07) is 17.0. The molecule has 1 aliphatic heterocycles. The van der Waals surface area contributed by atoms with Crippen LogP contribution < -0.4 is 4.74 Å². The Labute approximate surface area is 146 Å². The van der Waals surface area contributed by atoms with Crippen LogP contribution in [0.2, 0.25) is 5.02 Å². The number of benzene rings is 2. The van der Waals surface area contributed by atoms with E-state index in [1.54, 1.807) is 11.8 Å². The number of amides is 1. The Bertz CT molecular complexity index is 669. The highest BCUT2D eigenvalue weighted by molar-refractivity contribution is 6.30. The van der Waals surface area contributed by atoms with Gasteiger partial charge in [-0.05, 0) is 36.8 Å². The molecule has 0 spiro atoms. The summed E-state index contributed by atoms with van der Waals surface area (Å²) in [5.74, 6) is 0.694. The van der Waals surface area contributed by atoms with Crippen LogP contribution in [0.15, 0.2) is 54.6 Å². The Balaban J connectivity index is 1.40. The molecule has 0 unspecified atom stereocenters. The molecule has 0 saturated carbocycles. The van der Waals surface area contributed by atoms with Gasteiger partial charge in [-0.25, -0.2) is 0 Å². The molecule has 3 rings (SSSR count). The molecular formula is C19H20ClNO3. The minimum absolute atomic E-state index is 0.00908. The van der Waals surface area contributed by atoms with Crippen LogP contribution in [-0.2, 0) is 16.1 Å². The van der Waals surface area contributed by atoms with Gasteiger partial charge in [0.05, 0.1) is 12.7 Å². The maximum atomic E-state index is 12.3. The first kappa shape index (κ1) is 16.8. The lowest BCUT2D eigenvalue weighted by Gasteiger charge is -2.40. The van der Waals surface area contributed by atoms with Crippen molar-refractivity contribution in [3.05, 3.63) is 65.2 Å². The third-order valence-corrected chi connectivity index (χ3v) is 4.21. The van der Waals surface area contributed by atoms with E-state index in [2.05, 4.69) is 0 Å². The summed E-state index contributed by atoms with van der Waals surface area (Å²) in [4.78, 5) is 14.1. The quantitative estimate of drug-likeness (QED) is 0.804. The molecule has 1 aliphatic rings. The lowest BCUT2D eigenvalue weighted by atomic mass is 10.1. The molecule has 0 radical (unpaired) electrons. The standard InChI is InChI=1S/C19H20ClNO3/c1-14(24-17-5-3-2-4-6-17)19(22)21-11-18(12-21)23-13-15-7-9-16(20)10-8-15/h2-10,14,18H,11-13H2,1H3/t14-/m0/s1. The maximum Gasteiger partial charge on any atom is 0.263 e. The molecule has 1 fully saturated rings. The van der Waals surface area contributed by atoms with Gasteiger partial charge in [-0.2, -0.15) is 0 Å². The van der Waals surface area contributed by atoms with Crippen molar-refractivity contribution in [3.63, 3.8) is 0 Å². The van der Waals surface area contributed by atoms with Gasteiger partial charge in [0.25, 0.3) is 5.91 Å². The normalized spacial score (nSPS) is 15.7. The molecule has 1 heterocycles. The third-order valence-electron chi connectivity index (χ3n) is 3.96. The van der Waals surface area contributed by atoms with Crippen molar-refractivity contribution in [2.45, 2.75) is 25.7 Å². The lowest BCUT2D eigenvalue weighted by molar-refractivity contribution is -0.152. The summed E-state index contributed by atoms with van der Waals surface area (Å²) in [5.41, 5.74) is 1.07. The minimum Gasteiger partial charge on any atom is -0.481 e. The van der Waals surface area contributed by atoms with Crippen molar-refractivity contribution < 1.29 is 14.3 Å². The second-order valence-corrected chi connectivity index (χ2v) is 6.31. The summed E-state index contributed by atoms with van der Waals surface area (Å²) >= 11 is 5.86. The Morgan fingerprint density at radius 2 is 1.83 bits per heavy atom. The molecule has 2 aromatic carbocycles. The molecule has 2 aromatic rings. The number of hydrogen-bond donors (Lipinski definition) is 0. The number of hydrogen-bond acceptors (Lipinski definition) is 3. The van der Waals surface area contributed by atoms with E-state index in [9.17, 15) is 4.79 Å². The average Bonchev–Trinajstić information content (AvgIpc) is 2.55. The molecule has 0 N–H and O–H groups in total. The van der Waals surface area contributed by atoms with Crippen LogP contribution in [0.25, 0.3) is 0 Å². The van der Waals surface area contributed by atoms with Crippen molar-refractivity contribution in [1.29, 1.82) is 0 Å². The fourth-order valence-corrected chi connectivity index (χ4v) is 2.65. The number of likely N-dealkylation sites (tertiary alicyclic amines) is 1. The van der Waals surface area contributed by atoms with Gasteiger partial charge < -0.3 is 14.4 Å². The molecule has 126 valence electrons. The second kappa shape index (κ2) is 7.69. The molecule has 4 nitrogen and oxygen atoms in total. The Morgan fingerprint density at radius 1 is 1.17 bits per heavy atom. The number of carbonyl (C=O) groups is 1. The largest absolute Gasteiger partial charge is 0.481 e. The lowest BCUT2D eigenvalue weighted by Crippen LogP contribution is -2.57. The highest BCUT2D eigenvalue weighted by Crippen LogP contribution is 2.18. The van der Waals surface area contributed by atoms with Crippen LogP contribution in [0.3, 0.4) is 0 Å². The van der Waals surface area contributed by atoms with Crippen LogP contribution in [-0.4, -0.2) is 36.1 Å². The summed E-state index contributed by atoms with van der Waals surface area (Å²) in [5, 5.41) is 0.714. The van der Waals surface area contributed by atoms with E-state index >= 15 is 0 Å². The predicted octanol–water partition coefficient (Wildman–Crippen LogP) is 3.53. The molecule has 1 saturated heterocycles. The second-order valence-electron chi connectivity index (χ2n) is 5.88. The molecular weight excluding hydrogens is 326 g/mol. The Hall–Kier alpha value is -2.04. The van der Waals surface area contributed by atoms with E-state index < -0.39 is 6.10 Å². The first-order chi connectivity index (χ1) is 11.6. The molecule has 0 aliphatic carbocycles. The van der Waals surface area contributed by atoms with E-state index in [-0.39, 0.29) is 12.0 Å². The van der Waals surface area contributed by atoms with Crippen molar-refractivity contribution in [2.24, 2.45) is 0 Å². The zero-order valence-corrected chi connectivity index (χ0v) is 14.3. The zero-order chi connectivity index (χ0) is 16.9. The fraction of sp³-hybridized carbons (Fsp3) is 0.316. The van der Waals surface area contributed by atoms with E-state index in [0.717, 1.165) is 5.56 Å². The zero-order valence-electron chi connectivity index (χ0n) is 13.5. The number of nitrogens with zero attached hydrogens (tertiary/aromatic N) is 1. The van der Waals surface area contributed by atoms with E-state index in [1.807, 2.05) is 54.6 Å². The molecule has 1 amide bonds. The van der Waals surface area contributed by atoms with E-state index in [4.69, 9.17) is 21.1 Å². The Kier molecular flexibility index (Phi) is 5.38. The minimum atomic E-state index is -0.496. The fourth-order valence-electron chi connectivity index (χ4n) is 2.53. The summed E-state index contributed by atoms with van der Waals surface area (Å²) in [6.45, 7) is 3.51. The topological polar surface area (TPSA) is 38.8 Å². The van der Waals surface area contributed by atoms with Crippen molar-refractivity contribution in [3.8, 4) is 5.75 Å². The van der Waals surface area contributed by atoms with Gasteiger partial charge in [0, 0.05) is 18.1 Å². The van der Waals surface area contributed by atoms with Gasteiger partial charge in [-0.3, -0.25) is 4.79 Å². The van der Waals surface area contributed by atoms with Gasteiger partial charge in [0.2, 0.25) is 0 Å². The third kappa shape index (κ3) is 4.28. The monoisotopic (exact) mass is 345 g/mol. The highest BCUT2D eigenvalue weighted by Gasteiger charge is 2.34. The number of carbonyl (C=O) groups excluding carboxylic acids is 1. The molecule has 0 aromatic heterocycles. The number of para-hydroxylation sites is 1. The highest BCUT2D eigenvalue weighted by atomic mass is 35.5. The number of rotatable bonds is 6. The van der Waals surface area contributed by atoms with Crippen LogP contribution in [0.1, 0.15) is 12.5 Å². The van der Waals surface area contributed by atoms with Crippen LogP contribution in [0, 0.1) is 0 Å². The van der Waals surface area contributed by atoms with Gasteiger partial charge in [0.15, 0.2) is 6.10 Å². The molecule has 1 atom stereocenters. The van der Waals surface area contributed by atoms with Crippen molar-refractivity contribution in [2.75, 3.05) is 13.1 Å². The van der Waals surface area contributed by atoms with Crippen molar-refractivity contribution >= 4 is 17.5 Å². The smallest absolute Gasteiger partial charge is 0.263 e. The van der Waals surface area contributed by atoms with Crippen LogP contribution in [0.4, 0.5) is 0 Å². The van der Waals surface area contributed by atoms with Gasteiger partial charge in [0.1, 0.15) is 5.75 Å². The predicted molar refractivity (Wildman–Crippen MR) is 93.1 cm³/mol. The van der Waals surface area contributed by atoms with Crippen molar-refractivity contribution in [1.82, 2.24) is 4.90 Å². The van der Waals surface area contributed by atoms with Gasteiger partial charge in [-0.1, -0.05) is 41.9 Å². The molecule has 24 heavy (non-hydrogen) atoms.